The Kier molecular flexibility index (Phi) is 5.87. The first kappa shape index (κ1) is 17.3. The summed E-state index contributed by atoms with van der Waals surface area (Å²) in [6.07, 6.45) is 4.78. The molecule has 0 heterocycles. The molecular weight excluding hydrogens is 252 g/mol. The first-order valence-corrected chi connectivity index (χ1v) is 7.87. The molecule has 1 saturated carbocycles. The standard InChI is InChI=1S/C16H32N2O2/c1-7-12-9-8-10-13(12)17-11-16(5,6)18-14(19)20-15(2,3)4/h12-13,17H,7-11H2,1-6H3,(H,18,19). The highest BCUT2D eigenvalue weighted by molar-refractivity contribution is 5.68. The Morgan fingerprint density at radius 3 is 2.40 bits per heavy atom. The fourth-order valence-corrected chi connectivity index (χ4v) is 2.80. The van der Waals surface area contributed by atoms with E-state index in [1.807, 2.05) is 34.6 Å². The lowest BCUT2D eigenvalue weighted by Crippen LogP contribution is -2.53. The van der Waals surface area contributed by atoms with Crippen LogP contribution >= 0.6 is 0 Å². The minimum atomic E-state index is -0.452. The van der Waals surface area contributed by atoms with Gasteiger partial charge in [-0.05, 0) is 53.4 Å². The van der Waals surface area contributed by atoms with Crippen molar-refractivity contribution in [2.45, 2.75) is 84.4 Å². The second kappa shape index (κ2) is 6.79. The summed E-state index contributed by atoms with van der Waals surface area (Å²) in [6, 6.07) is 0.597. The summed E-state index contributed by atoms with van der Waals surface area (Å²) in [6.45, 7) is 12.7. The quantitative estimate of drug-likeness (QED) is 0.813. The molecule has 2 atom stereocenters. The Hall–Kier alpha value is -0.770. The number of hydrogen-bond acceptors (Lipinski definition) is 3. The van der Waals surface area contributed by atoms with E-state index in [9.17, 15) is 4.79 Å². The minimum Gasteiger partial charge on any atom is -0.444 e. The van der Waals surface area contributed by atoms with Gasteiger partial charge in [0.15, 0.2) is 0 Å². The number of ether oxygens (including phenoxy) is 1. The van der Waals surface area contributed by atoms with Gasteiger partial charge in [-0.1, -0.05) is 19.8 Å². The summed E-state index contributed by atoms with van der Waals surface area (Å²) < 4.78 is 5.31. The van der Waals surface area contributed by atoms with E-state index >= 15 is 0 Å². The van der Waals surface area contributed by atoms with Crippen molar-refractivity contribution in [3.8, 4) is 0 Å². The maximum atomic E-state index is 11.8. The average molecular weight is 284 g/mol. The van der Waals surface area contributed by atoms with Crippen molar-refractivity contribution in [2.75, 3.05) is 6.54 Å². The van der Waals surface area contributed by atoms with Crippen LogP contribution in [0.1, 0.15) is 67.2 Å². The number of carbonyl (C=O) groups is 1. The molecule has 0 aromatic carbocycles. The van der Waals surface area contributed by atoms with Crippen molar-refractivity contribution in [2.24, 2.45) is 5.92 Å². The summed E-state index contributed by atoms with van der Waals surface area (Å²) in [7, 11) is 0. The van der Waals surface area contributed by atoms with Crippen LogP contribution in [0, 0.1) is 5.92 Å². The lowest BCUT2D eigenvalue weighted by Gasteiger charge is -2.31. The molecule has 4 heteroatoms. The van der Waals surface area contributed by atoms with Crippen LogP contribution < -0.4 is 10.6 Å². The normalized spacial score (nSPS) is 23.7. The third-order valence-electron chi connectivity index (χ3n) is 3.83. The first-order valence-electron chi connectivity index (χ1n) is 7.87. The van der Waals surface area contributed by atoms with E-state index in [2.05, 4.69) is 17.6 Å². The van der Waals surface area contributed by atoms with Gasteiger partial charge in [0.25, 0.3) is 0 Å². The molecule has 4 nitrogen and oxygen atoms in total. The molecule has 1 amide bonds. The summed E-state index contributed by atoms with van der Waals surface area (Å²) in [5, 5.41) is 6.57. The lowest BCUT2D eigenvalue weighted by molar-refractivity contribution is 0.0470. The van der Waals surface area contributed by atoms with E-state index in [0.717, 1.165) is 12.5 Å². The van der Waals surface area contributed by atoms with Crippen LogP contribution in [0.5, 0.6) is 0 Å². The highest BCUT2D eigenvalue weighted by Gasteiger charge is 2.29. The molecule has 0 aromatic heterocycles. The lowest BCUT2D eigenvalue weighted by atomic mass is 9.99. The predicted molar refractivity (Wildman–Crippen MR) is 82.9 cm³/mol. The van der Waals surface area contributed by atoms with Gasteiger partial charge in [0.05, 0.1) is 5.54 Å². The third-order valence-corrected chi connectivity index (χ3v) is 3.83. The zero-order chi connectivity index (χ0) is 15.4. The highest BCUT2D eigenvalue weighted by atomic mass is 16.6. The summed E-state index contributed by atoms with van der Waals surface area (Å²) >= 11 is 0. The van der Waals surface area contributed by atoms with Crippen LogP contribution in [0.4, 0.5) is 4.79 Å². The smallest absolute Gasteiger partial charge is 0.408 e. The molecule has 0 spiro atoms. The molecule has 0 radical (unpaired) electrons. The molecule has 1 aliphatic rings. The number of rotatable bonds is 5. The molecule has 0 bridgehead atoms. The van der Waals surface area contributed by atoms with Gasteiger partial charge in [-0.15, -0.1) is 0 Å². The number of nitrogens with one attached hydrogen (secondary N) is 2. The molecule has 1 rings (SSSR count). The first-order chi connectivity index (χ1) is 9.13. The predicted octanol–water partition coefficient (Wildman–Crippen LogP) is 3.46. The van der Waals surface area contributed by atoms with E-state index in [1.165, 1.54) is 25.7 Å². The van der Waals surface area contributed by atoms with Gasteiger partial charge in [0, 0.05) is 12.6 Å². The summed E-state index contributed by atoms with van der Waals surface area (Å²) in [5.74, 6) is 0.785. The van der Waals surface area contributed by atoms with Gasteiger partial charge in [-0.2, -0.15) is 0 Å². The van der Waals surface area contributed by atoms with Gasteiger partial charge >= 0.3 is 6.09 Å². The Balaban J connectivity index is 2.39. The fourth-order valence-electron chi connectivity index (χ4n) is 2.80. The molecule has 1 aliphatic carbocycles. The fraction of sp³-hybridized carbons (Fsp3) is 0.938. The van der Waals surface area contributed by atoms with E-state index in [-0.39, 0.29) is 11.6 Å². The maximum absolute atomic E-state index is 11.8. The number of carbonyl (C=O) groups excluding carboxylic acids is 1. The Morgan fingerprint density at radius 1 is 1.20 bits per heavy atom. The Bertz CT molecular complexity index is 321. The number of hydrogen-bond donors (Lipinski definition) is 2. The van der Waals surface area contributed by atoms with Crippen LogP contribution in [0.3, 0.4) is 0 Å². The van der Waals surface area contributed by atoms with Crippen molar-refractivity contribution in [1.29, 1.82) is 0 Å². The van der Waals surface area contributed by atoms with Gasteiger partial charge < -0.3 is 15.4 Å². The van der Waals surface area contributed by atoms with Crippen LogP contribution in [-0.4, -0.2) is 29.8 Å². The molecule has 1 fully saturated rings. The molecule has 0 saturated heterocycles. The van der Waals surface area contributed by atoms with Gasteiger partial charge in [0.2, 0.25) is 0 Å². The minimum absolute atomic E-state index is 0.302. The van der Waals surface area contributed by atoms with Crippen molar-refractivity contribution in [3.05, 3.63) is 0 Å². The van der Waals surface area contributed by atoms with Crippen molar-refractivity contribution >= 4 is 6.09 Å². The second-order valence-electron chi connectivity index (χ2n) is 7.60. The van der Waals surface area contributed by atoms with Crippen LogP contribution in [-0.2, 0) is 4.74 Å². The Labute approximate surface area is 124 Å². The van der Waals surface area contributed by atoms with Crippen molar-refractivity contribution in [3.63, 3.8) is 0 Å². The van der Waals surface area contributed by atoms with Crippen LogP contribution in [0.2, 0.25) is 0 Å². The molecule has 2 N–H and O–H groups in total. The van der Waals surface area contributed by atoms with Gasteiger partial charge in [0.1, 0.15) is 5.60 Å². The van der Waals surface area contributed by atoms with Crippen LogP contribution in [0.15, 0.2) is 0 Å². The zero-order valence-electron chi connectivity index (χ0n) is 14.0. The van der Waals surface area contributed by atoms with Crippen molar-refractivity contribution < 1.29 is 9.53 Å². The van der Waals surface area contributed by atoms with E-state index in [0.29, 0.717) is 6.04 Å². The van der Waals surface area contributed by atoms with Gasteiger partial charge in [-0.25, -0.2) is 4.79 Å². The SMILES string of the molecule is CCC1CCCC1NCC(C)(C)NC(=O)OC(C)(C)C. The second-order valence-corrected chi connectivity index (χ2v) is 7.60. The largest absolute Gasteiger partial charge is 0.444 e. The van der Waals surface area contributed by atoms with E-state index in [1.54, 1.807) is 0 Å². The number of amides is 1. The van der Waals surface area contributed by atoms with Crippen LogP contribution in [0.25, 0.3) is 0 Å². The Morgan fingerprint density at radius 2 is 1.85 bits per heavy atom. The molecule has 20 heavy (non-hydrogen) atoms. The van der Waals surface area contributed by atoms with Crippen molar-refractivity contribution in [1.82, 2.24) is 10.6 Å². The summed E-state index contributed by atoms with van der Waals surface area (Å²) in [4.78, 5) is 11.8. The highest BCUT2D eigenvalue weighted by Crippen LogP contribution is 2.28. The van der Waals surface area contributed by atoms with Gasteiger partial charge in [-0.3, -0.25) is 0 Å². The molecule has 0 aliphatic heterocycles. The van der Waals surface area contributed by atoms with E-state index in [4.69, 9.17) is 4.74 Å². The third kappa shape index (κ3) is 6.12. The molecule has 0 aromatic rings. The monoisotopic (exact) mass is 284 g/mol. The molecular formula is C16H32N2O2. The maximum Gasteiger partial charge on any atom is 0.408 e. The average Bonchev–Trinajstić information content (AvgIpc) is 2.70. The topological polar surface area (TPSA) is 50.4 Å². The summed E-state index contributed by atoms with van der Waals surface area (Å²) in [5.41, 5.74) is -0.754. The van der Waals surface area contributed by atoms with E-state index < -0.39 is 5.60 Å². The zero-order valence-corrected chi connectivity index (χ0v) is 14.0. The molecule has 118 valence electrons. The molecule has 2 unspecified atom stereocenters. The number of alkyl carbamates (subject to hydrolysis) is 1.